The standard InChI is InChI=1S/C16H12Cl2N2O2S/c1-23(22)8-12(21)16-14(10-4-2-3-7-19-10)13-11(20-16)6-5-9(17)15(13)18/h2-7,20H,8H2,1H3. The lowest BCUT2D eigenvalue weighted by molar-refractivity contribution is 0.101. The molecule has 23 heavy (non-hydrogen) atoms. The summed E-state index contributed by atoms with van der Waals surface area (Å²) >= 11 is 11.2. The van der Waals surface area contributed by atoms with Crippen LogP contribution in [0.4, 0.5) is 0 Å². The van der Waals surface area contributed by atoms with Gasteiger partial charge in [-0.15, -0.1) is 0 Å². The number of rotatable bonds is 4. The van der Waals surface area contributed by atoms with Gasteiger partial charge >= 0.3 is 0 Å². The summed E-state index contributed by atoms with van der Waals surface area (Å²) in [5.74, 6) is -0.326. The van der Waals surface area contributed by atoms with Crippen molar-refractivity contribution in [3.8, 4) is 11.3 Å². The Bertz CT molecular complexity index is 879. The zero-order chi connectivity index (χ0) is 16.6. The number of hydrogen-bond acceptors (Lipinski definition) is 3. The summed E-state index contributed by atoms with van der Waals surface area (Å²) in [6.45, 7) is 0. The van der Waals surface area contributed by atoms with E-state index in [4.69, 9.17) is 23.2 Å². The van der Waals surface area contributed by atoms with E-state index in [2.05, 4.69) is 9.97 Å². The average Bonchev–Trinajstić information content (AvgIpc) is 2.91. The Balaban J connectivity index is 2.32. The molecule has 0 aliphatic rings. The van der Waals surface area contributed by atoms with Crippen LogP contribution in [0.3, 0.4) is 0 Å². The van der Waals surface area contributed by atoms with Crippen LogP contribution in [0, 0.1) is 0 Å². The molecule has 0 aliphatic carbocycles. The first kappa shape index (κ1) is 16.3. The first-order chi connectivity index (χ1) is 11.0. The smallest absolute Gasteiger partial charge is 0.228 e. The molecule has 1 atom stereocenters. The molecule has 0 spiro atoms. The van der Waals surface area contributed by atoms with E-state index in [1.165, 1.54) is 6.26 Å². The van der Waals surface area contributed by atoms with E-state index in [-0.39, 0.29) is 11.5 Å². The Morgan fingerprint density at radius 2 is 2.09 bits per heavy atom. The second-order valence-electron chi connectivity index (χ2n) is 5.01. The fourth-order valence-electron chi connectivity index (χ4n) is 2.45. The Hall–Kier alpha value is -1.53. The third-order valence-electron chi connectivity index (χ3n) is 3.39. The maximum absolute atomic E-state index is 12.5. The minimum absolute atomic E-state index is 0.0714. The zero-order valence-corrected chi connectivity index (χ0v) is 14.4. The predicted molar refractivity (Wildman–Crippen MR) is 94.8 cm³/mol. The highest BCUT2D eigenvalue weighted by Gasteiger charge is 2.24. The van der Waals surface area contributed by atoms with Crippen LogP contribution in [0.5, 0.6) is 0 Å². The third kappa shape index (κ3) is 3.10. The molecule has 3 aromatic rings. The van der Waals surface area contributed by atoms with Gasteiger partial charge in [-0.3, -0.25) is 9.78 Å². The van der Waals surface area contributed by atoms with Crippen LogP contribution in [0.25, 0.3) is 22.2 Å². The van der Waals surface area contributed by atoms with Crippen molar-refractivity contribution < 1.29 is 9.35 Å². The summed E-state index contributed by atoms with van der Waals surface area (Å²) in [7, 11) is 0. The van der Waals surface area contributed by atoms with Crippen LogP contribution in [0.15, 0.2) is 36.5 Å². The number of H-pyrrole nitrogens is 1. The van der Waals surface area contributed by atoms with Crippen LogP contribution in [-0.2, 0) is 11.2 Å². The summed E-state index contributed by atoms with van der Waals surface area (Å²) < 4.78 is 11.4. The minimum atomic E-state index is -1.24. The van der Waals surface area contributed by atoms with Crippen molar-refractivity contribution in [3.63, 3.8) is 0 Å². The fraction of sp³-hybridized carbons (Fsp3) is 0.125. The molecule has 0 fully saturated rings. The highest BCUT2D eigenvalue weighted by Crippen LogP contribution is 2.39. The number of halogens is 2. The van der Waals surface area contributed by atoms with E-state index in [0.717, 1.165) is 0 Å². The van der Waals surface area contributed by atoms with E-state index in [1.54, 1.807) is 30.5 Å². The maximum atomic E-state index is 12.5. The number of nitrogens with one attached hydrogen (secondary N) is 1. The topological polar surface area (TPSA) is 68.8 Å². The molecule has 0 amide bonds. The number of carbonyl (C=O) groups excluding carboxylic acids is 1. The summed E-state index contributed by atoms with van der Waals surface area (Å²) in [5.41, 5.74) is 2.22. The second kappa shape index (κ2) is 6.53. The van der Waals surface area contributed by atoms with Crippen molar-refractivity contribution in [2.45, 2.75) is 0 Å². The van der Waals surface area contributed by atoms with Crippen LogP contribution in [-0.4, -0.2) is 32.3 Å². The van der Waals surface area contributed by atoms with Gasteiger partial charge in [0.1, 0.15) is 0 Å². The molecule has 1 unspecified atom stereocenters. The van der Waals surface area contributed by atoms with Gasteiger partial charge in [0.2, 0.25) is 5.78 Å². The molecule has 118 valence electrons. The van der Waals surface area contributed by atoms with Gasteiger partial charge in [-0.05, 0) is 35.4 Å². The highest BCUT2D eigenvalue weighted by atomic mass is 35.5. The van der Waals surface area contributed by atoms with Gasteiger partial charge in [0.15, 0.2) is 5.75 Å². The van der Waals surface area contributed by atoms with Gasteiger partial charge in [-0.25, -0.2) is 0 Å². The molecule has 0 saturated carbocycles. The molecule has 7 heteroatoms. The Labute approximate surface area is 146 Å². The van der Waals surface area contributed by atoms with Crippen molar-refractivity contribution in [1.29, 1.82) is 0 Å². The SMILES string of the molecule is C[S+]([O-])CC(=O)c1[nH]c2ccc(Cl)c(Cl)c2c1-c1ccccn1. The van der Waals surface area contributed by atoms with Gasteiger partial charge in [0, 0.05) is 22.7 Å². The molecule has 1 aromatic carbocycles. The molecule has 4 nitrogen and oxygen atoms in total. The quantitative estimate of drug-likeness (QED) is 0.558. The lowest BCUT2D eigenvalue weighted by atomic mass is 10.0. The maximum Gasteiger partial charge on any atom is 0.228 e. The minimum Gasteiger partial charge on any atom is -0.616 e. The second-order valence-corrected chi connectivity index (χ2v) is 7.23. The van der Waals surface area contributed by atoms with Crippen molar-refractivity contribution >= 4 is 51.1 Å². The number of ketones is 1. The number of fused-ring (bicyclic) bond motifs is 1. The molecule has 0 bridgehead atoms. The van der Waals surface area contributed by atoms with E-state index in [0.29, 0.717) is 37.9 Å². The Morgan fingerprint density at radius 1 is 1.30 bits per heavy atom. The van der Waals surface area contributed by atoms with Gasteiger partial charge in [0.05, 0.1) is 27.7 Å². The molecule has 0 saturated heterocycles. The van der Waals surface area contributed by atoms with E-state index < -0.39 is 11.2 Å². The van der Waals surface area contributed by atoms with Gasteiger partial charge < -0.3 is 9.54 Å². The lowest BCUT2D eigenvalue weighted by Gasteiger charge is -2.06. The summed E-state index contributed by atoms with van der Waals surface area (Å²) in [6.07, 6.45) is 3.13. The first-order valence-electron chi connectivity index (χ1n) is 6.73. The van der Waals surface area contributed by atoms with Gasteiger partial charge in [0.25, 0.3) is 0 Å². The summed E-state index contributed by atoms with van der Waals surface area (Å²) in [5, 5.41) is 1.40. The Kier molecular flexibility index (Phi) is 4.64. The van der Waals surface area contributed by atoms with Gasteiger partial charge in [-0.2, -0.15) is 0 Å². The molecule has 2 heterocycles. The first-order valence-corrected chi connectivity index (χ1v) is 9.21. The van der Waals surface area contributed by atoms with Crippen LogP contribution < -0.4 is 0 Å². The van der Waals surface area contributed by atoms with E-state index >= 15 is 0 Å². The molecule has 0 aliphatic heterocycles. The lowest BCUT2D eigenvalue weighted by Crippen LogP contribution is -2.15. The number of aromatic amines is 1. The number of aromatic nitrogens is 2. The number of benzene rings is 1. The average molecular weight is 367 g/mol. The summed E-state index contributed by atoms with van der Waals surface area (Å²) in [4.78, 5) is 19.9. The number of pyridine rings is 1. The van der Waals surface area contributed by atoms with Crippen molar-refractivity contribution in [1.82, 2.24) is 9.97 Å². The Morgan fingerprint density at radius 3 is 2.74 bits per heavy atom. The van der Waals surface area contributed by atoms with E-state index in [1.807, 2.05) is 6.07 Å². The summed E-state index contributed by atoms with van der Waals surface area (Å²) in [6, 6.07) is 8.83. The van der Waals surface area contributed by atoms with Crippen molar-refractivity contribution in [3.05, 3.63) is 52.3 Å². The number of carbonyl (C=O) groups is 1. The molecule has 1 N–H and O–H groups in total. The van der Waals surface area contributed by atoms with Crippen LogP contribution >= 0.6 is 23.2 Å². The largest absolute Gasteiger partial charge is 0.616 e. The number of hydrogen-bond donors (Lipinski definition) is 1. The van der Waals surface area contributed by atoms with Crippen molar-refractivity contribution in [2.75, 3.05) is 12.0 Å². The van der Waals surface area contributed by atoms with Gasteiger partial charge in [-0.1, -0.05) is 29.3 Å². The molecular weight excluding hydrogens is 355 g/mol. The van der Waals surface area contributed by atoms with Crippen LogP contribution in [0.1, 0.15) is 10.5 Å². The monoisotopic (exact) mass is 366 g/mol. The van der Waals surface area contributed by atoms with Crippen molar-refractivity contribution in [2.24, 2.45) is 0 Å². The highest BCUT2D eigenvalue weighted by molar-refractivity contribution is 7.91. The predicted octanol–water partition coefficient (Wildman–Crippen LogP) is 4.10. The molecule has 2 aromatic heterocycles. The number of Topliss-reactive ketones (excluding diaryl/α,β-unsaturated/α-hetero) is 1. The third-order valence-corrected chi connectivity index (χ3v) is 4.86. The zero-order valence-electron chi connectivity index (χ0n) is 12.1. The normalized spacial score (nSPS) is 12.5. The molecule has 0 radical (unpaired) electrons. The fourth-order valence-corrected chi connectivity index (χ4v) is 3.38. The number of nitrogens with zero attached hydrogens (tertiary/aromatic N) is 1. The van der Waals surface area contributed by atoms with Crippen LogP contribution in [0.2, 0.25) is 10.0 Å². The molecular formula is C16H12Cl2N2O2S. The molecule has 3 rings (SSSR count). The van der Waals surface area contributed by atoms with E-state index in [9.17, 15) is 9.35 Å².